The standard InChI is InChI=1S/C19H26N2O3/c1-24-10-7-17(23)21-12-16(14-3-2-4-15(22)11-14)19-18(21)13-5-8-20(19)9-6-13/h2-4,11,13,16,18-19,22H,5-10,12H2,1H3/t16-,18+,19+/m1/s1. The first-order chi connectivity index (χ1) is 11.7. The van der Waals surface area contributed by atoms with Gasteiger partial charge in [-0.15, -0.1) is 0 Å². The zero-order valence-corrected chi connectivity index (χ0v) is 14.2. The van der Waals surface area contributed by atoms with Crippen molar-refractivity contribution in [3.8, 4) is 5.75 Å². The van der Waals surface area contributed by atoms with Crippen molar-refractivity contribution in [2.24, 2.45) is 5.92 Å². The van der Waals surface area contributed by atoms with E-state index < -0.39 is 0 Å². The van der Waals surface area contributed by atoms with Crippen molar-refractivity contribution in [2.45, 2.75) is 37.3 Å². The van der Waals surface area contributed by atoms with Crippen LogP contribution in [-0.2, 0) is 9.53 Å². The summed E-state index contributed by atoms with van der Waals surface area (Å²) in [6.07, 6.45) is 2.85. The number of benzene rings is 1. The molecule has 4 saturated heterocycles. The lowest BCUT2D eigenvalue weighted by atomic mass is 9.75. The molecule has 24 heavy (non-hydrogen) atoms. The molecular weight excluding hydrogens is 304 g/mol. The van der Waals surface area contributed by atoms with E-state index in [1.807, 2.05) is 12.1 Å². The lowest BCUT2D eigenvalue weighted by molar-refractivity contribution is -0.136. The molecule has 4 aliphatic heterocycles. The van der Waals surface area contributed by atoms with E-state index in [-0.39, 0.29) is 11.8 Å². The van der Waals surface area contributed by atoms with Crippen molar-refractivity contribution in [3.63, 3.8) is 0 Å². The van der Waals surface area contributed by atoms with Gasteiger partial charge in [-0.2, -0.15) is 0 Å². The molecule has 0 aliphatic carbocycles. The molecule has 1 amide bonds. The second kappa shape index (κ2) is 6.37. The van der Waals surface area contributed by atoms with Crippen LogP contribution in [0.1, 0.15) is 30.7 Å². The molecule has 1 N–H and O–H groups in total. The smallest absolute Gasteiger partial charge is 0.225 e. The first kappa shape index (κ1) is 15.9. The highest BCUT2D eigenvalue weighted by Crippen LogP contribution is 2.46. The number of phenols is 1. The molecule has 5 heteroatoms. The first-order valence-electron chi connectivity index (χ1n) is 9.00. The number of likely N-dealkylation sites (tertiary alicyclic amines) is 1. The first-order valence-corrected chi connectivity index (χ1v) is 9.00. The Morgan fingerprint density at radius 1 is 1.29 bits per heavy atom. The van der Waals surface area contributed by atoms with Crippen molar-refractivity contribution >= 4 is 5.91 Å². The third kappa shape index (κ3) is 2.60. The van der Waals surface area contributed by atoms with Crippen LogP contribution >= 0.6 is 0 Å². The minimum atomic E-state index is 0.211. The minimum Gasteiger partial charge on any atom is -0.508 e. The summed E-state index contributed by atoms with van der Waals surface area (Å²) in [6, 6.07) is 8.30. The molecule has 1 aromatic rings. The molecule has 130 valence electrons. The number of methoxy groups -OCH3 is 1. The molecule has 5 rings (SSSR count). The Morgan fingerprint density at radius 3 is 2.79 bits per heavy atom. The number of ether oxygens (including phenoxy) is 1. The number of piperidine rings is 3. The molecule has 4 aliphatic rings. The van der Waals surface area contributed by atoms with Gasteiger partial charge in [0.15, 0.2) is 0 Å². The molecule has 5 nitrogen and oxygen atoms in total. The van der Waals surface area contributed by atoms with Crippen molar-refractivity contribution in [3.05, 3.63) is 29.8 Å². The topological polar surface area (TPSA) is 53.0 Å². The summed E-state index contributed by atoms with van der Waals surface area (Å²) in [6.45, 7) is 3.52. The summed E-state index contributed by atoms with van der Waals surface area (Å²) >= 11 is 0. The Morgan fingerprint density at radius 2 is 2.08 bits per heavy atom. The van der Waals surface area contributed by atoms with Crippen LogP contribution in [0.4, 0.5) is 0 Å². The number of nitrogens with zero attached hydrogens (tertiary/aromatic N) is 2. The summed E-state index contributed by atoms with van der Waals surface area (Å²) < 4.78 is 5.11. The van der Waals surface area contributed by atoms with E-state index in [1.54, 1.807) is 13.2 Å². The maximum atomic E-state index is 12.8. The largest absolute Gasteiger partial charge is 0.508 e. The Hall–Kier alpha value is -1.59. The number of phenolic OH excluding ortho intramolecular Hbond substituents is 1. The van der Waals surface area contributed by atoms with E-state index in [4.69, 9.17) is 4.74 Å². The maximum Gasteiger partial charge on any atom is 0.225 e. The van der Waals surface area contributed by atoms with Gasteiger partial charge >= 0.3 is 0 Å². The number of aromatic hydroxyl groups is 1. The number of hydrogen-bond acceptors (Lipinski definition) is 4. The molecule has 3 atom stereocenters. The summed E-state index contributed by atoms with van der Waals surface area (Å²) in [7, 11) is 1.64. The highest BCUT2D eigenvalue weighted by Gasteiger charge is 2.54. The summed E-state index contributed by atoms with van der Waals surface area (Å²) in [5.74, 6) is 1.43. The highest BCUT2D eigenvalue weighted by atomic mass is 16.5. The van der Waals surface area contributed by atoms with Crippen molar-refractivity contribution in [2.75, 3.05) is 33.4 Å². The number of hydrogen-bond donors (Lipinski definition) is 1. The second-order valence-electron chi connectivity index (χ2n) is 7.34. The molecule has 0 radical (unpaired) electrons. The minimum absolute atomic E-state index is 0.211. The summed E-state index contributed by atoms with van der Waals surface area (Å²) in [5.41, 5.74) is 1.15. The number of amides is 1. The second-order valence-corrected chi connectivity index (χ2v) is 7.34. The average molecular weight is 330 g/mol. The predicted molar refractivity (Wildman–Crippen MR) is 90.9 cm³/mol. The maximum absolute atomic E-state index is 12.8. The molecule has 0 saturated carbocycles. The van der Waals surface area contributed by atoms with Gasteiger partial charge in [-0.25, -0.2) is 0 Å². The molecule has 1 aromatic carbocycles. The summed E-state index contributed by atoms with van der Waals surface area (Å²) in [4.78, 5) is 17.4. The number of fused-ring (bicyclic) bond motifs is 2. The zero-order valence-electron chi connectivity index (χ0n) is 14.2. The van der Waals surface area contributed by atoms with E-state index in [0.29, 0.717) is 36.8 Å². The van der Waals surface area contributed by atoms with E-state index in [0.717, 1.165) is 25.2 Å². The normalized spacial score (nSPS) is 34.4. The van der Waals surface area contributed by atoms with Gasteiger partial charge in [0.1, 0.15) is 5.75 Å². The SMILES string of the molecule is COCCC(=O)N1C[C@H](c2cccc(O)c2)[C@H]2[C@@H]1C1CCN2CC1. The van der Waals surface area contributed by atoms with Gasteiger partial charge in [-0.05, 0) is 49.5 Å². The van der Waals surface area contributed by atoms with Gasteiger partial charge in [0, 0.05) is 25.6 Å². The Labute approximate surface area is 143 Å². The van der Waals surface area contributed by atoms with Crippen LogP contribution in [0.2, 0.25) is 0 Å². The fourth-order valence-electron chi connectivity index (χ4n) is 5.09. The van der Waals surface area contributed by atoms with Crippen LogP contribution < -0.4 is 0 Å². The third-order valence-corrected chi connectivity index (χ3v) is 6.13. The van der Waals surface area contributed by atoms with Crippen LogP contribution in [0.3, 0.4) is 0 Å². The molecule has 2 bridgehead atoms. The molecular formula is C19H26N2O3. The Balaban J connectivity index is 1.65. The fraction of sp³-hybridized carbons (Fsp3) is 0.632. The zero-order chi connectivity index (χ0) is 16.7. The van der Waals surface area contributed by atoms with Crippen molar-refractivity contribution in [1.82, 2.24) is 9.80 Å². The van der Waals surface area contributed by atoms with E-state index in [1.165, 1.54) is 12.8 Å². The van der Waals surface area contributed by atoms with Crippen LogP contribution in [0.25, 0.3) is 0 Å². The van der Waals surface area contributed by atoms with Gasteiger partial charge in [-0.1, -0.05) is 12.1 Å². The van der Waals surface area contributed by atoms with Crippen LogP contribution in [0.15, 0.2) is 24.3 Å². The van der Waals surface area contributed by atoms with Crippen molar-refractivity contribution < 1.29 is 14.6 Å². The fourth-order valence-corrected chi connectivity index (χ4v) is 5.09. The van der Waals surface area contributed by atoms with Gasteiger partial charge < -0.3 is 14.7 Å². The monoisotopic (exact) mass is 330 g/mol. The lowest BCUT2D eigenvalue weighted by Gasteiger charge is -2.51. The van der Waals surface area contributed by atoms with Crippen LogP contribution in [-0.4, -0.2) is 66.2 Å². The molecule has 0 aromatic heterocycles. The molecule has 0 unspecified atom stereocenters. The average Bonchev–Trinajstić information content (AvgIpc) is 3.03. The third-order valence-electron chi connectivity index (χ3n) is 6.13. The van der Waals surface area contributed by atoms with Gasteiger partial charge in [0.25, 0.3) is 0 Å². The number of carbonyl (C=O) groups excluding carboxylic acids is 1. The van der Waals surface area contributed by atoms with Crippen molar-refractivity contribution in [1.29, 1.82) is 0 Å². The van der Waals surface area contributed by atoms with Gasteiger partial charge in [-0.3, -0.25) is 9.69 Å². The van der Waals surface area contributed by atoms with Crippen LogP contribution in [0.5, 0.6) is 5.75 Å². The molecule has 4 fully saturated rings. The van der Waals surface area contributed by atoms with E-state index in [9.17, 15) is 9.90 Å². The number of rotatable bonds is 4. The predicted octanol–water partition coefficient (Wildman–Crippen LogP) is 1.82. The van der Waals surface area contributed by atoms with Gasteiger partial charge in [0.2, 0.25) is 5.91 Å². The Bertz CT molecular complexity index is 612. The molecule has 0 spiro atoms. The van der Waals surface area contributed by atoms with Gasteiger partial charge in [0.05, 0.1) is 19.1 Å². The lowest BCUT2D eigenvalue weighted by Crippen LogP contribution is -2.60. The van der Waals surface area contributed by atoms with E-state index in [2.05, 4.69) is 15.9 Å². The number of carbonyl (C=O) groups is 1. The molecule has 4 heterocycles. The van der Waals surface area contributed by atoms with Crippen LogP contribution in [0, 0.1) is 5.92 Å². The highest BCUT2D eigenvalue weighted by molar-refractivity contribution is 5.77. The quantitative estimate of drug-likeness (QED) is 0.915. The van der Waals surface area contributed by atoms with E-state index >= 15 is 0 Å². The summed E-state index contributed by atoms with van der Waals surface area (Å²) in [5, 5.41) is 9.88. The Kier molecular flexibility index (Phi) is 4.22.